The zero-order valence-electron chi connectivity index (χ0n) is 18.9. The standard InChI is InChI=1S/C26H35N3O2/c1-3-22-6-4-5-15-29(22)26(30)24-18-20(2)7-8-25(24)31-23-11-16-28(17-12-23)19-21-9-13-27-14-10-21/h7-10,13-14,18,22-23H,3-6,11-12,15-17,19H2,1-2H3/t22-/m0/s1. The summed E-state index contributed by atoms with van der Waals surface area (Å²) in [7, 11) is 0. The summed E-state index contributed by atoms with van der Waals surface area (Å²) in [4.78, 5) is 22.1. The van der Waals surface area contributed by atoms with Crippen LogP contribution in [0, 0.1) is 6.92 Å². The molecular formula is C26H35N3O2. The van der Waals surface area contributed by atoms with Crippen molar-refractivity contribution in [3.63, 3.8) is 0 Å². The highest BCUT2D eigenvalue weighted by molar-refractivity contribution is 5.97. The summed E-state index contributed by atoms with van der Waals surface area (Å²) in [6.07, 6.45) is 10.3. The Labute approximate surface area is 186 Å². The Hall–Kier alpha value is -2.40. The fourth-order valence-electron chi connectivity index (χ4n) is 4.87. The molecular weight excluding hydrogens is 386 g/mol. The Morgan fingerprint density at radius 3 is 2.58 bits per heavy atom. The molecule has 5 nitrogen and oxygen atoms in total. The van der Waals surface area contributed by atoms with E-state index < -0.39 is 0 Å². The molecule has 2 fully saturated rings. The number of hydrogen-bond acceptors (Lipinski definition) is 4. The SMILES string of the molecule is CC[C@H]1CCCCN1C(=O)c1cc(C)ccc1OC1CCN(Cc2ccncc2)CC1. The molecule has 1 aromatic carbocycles. The molecule has 0 bridgehead atoms. The van der Waals surface area contributed by atoms with Crippen LogP contribution in [0.15, 0.2) is 42.7 Å². The van der Waals surface area contributed by atoms with Crippen LogP contribution >= 0.6 is 0 Å². The van der Waals surface area contributed by atoms with Crippen LogP contribution in [0.1, 0.15) is 66.9 Å². The fraction of sp³-hybridized carbons (Fsp3) is 0.538. The van der Waals surface area contributed by atoms with Crippen LogP contribution in [0.5, 0.6) is 5.75 Å². The summed E-state index contributed by atoms with van der Waals surface area (Å²) in [5, 5.41) is 0. The second kappa shape index (κ2) is 10.3. The van der Waals surface area contributed by atoms with Crippen LogP contribution in [-0.4, -0.2) is 52.5 Å². The summed E-state index contributed by atoms with van der Waals surface area (Å²) in [5.74, 6) is 0.893. The van der Waals surface area contributed by atoms with Gasteiger partial charge in [-0.3, -0.25) is 14.7 Å². The second-order valence-corrected chi connectivity index (χ2v) is 9.00. The van der Waals surface area contributed by atoms with Crippen molar-refractivity contribution in [2.45, 2.75) is 71.1 Å². The first-order valence-corrected chi connectivity index (χ1v) is 11.8. The molecule has 0 spiro atoms. The van der Waals surface area contributed by atoms with E-state index in [1.165, 1.54) is 12.0 Å². The molecule has 0 unspecified atom stereocenters. The van der Waals surface area contributed by atoms with E-state index >= 15 is 0 Å². The van der Waals surface area contributed by atoms with Gasteiger partial charge >= 0.3 is 0 Å². The van der Waals surface area contributed by atoms with E-state index in [4.69, 9.17) is 4.74 Å². The molecule has 4 rings (SSSR count). The number of likely N-dealkylation sites (tertiary alicyclic amines) is 2. The Morgan fingerprint density at radius 2 is 1.84 bits per heavy atom. The van der Waals surface area contributed by atoms with E-state index in [0.717, 1.165) is 75.2 Å². The molecule has 0 saturated carbocycles. The predicted octanol–water partition coefficient (Wildman–Crippen LogP) is 4.84. The largest absolute Gasteiger partial charge is 0.489 e. The normalized spacial score (nSPS) is 20.6. The number of rotatable bonds is 6. The first kappa shape index (κ1) is 21.8. The lowest BCUT2D eigenvalue weighted by Gasteiger charge is -2.36. The number of ether oxygens (including phenoxy) is 1. The lowest BCUT2D eigenvalue weighted by atomic mass is 9.98. The number of aryl methyl sites for hydroxylation is 1. The summed E-state index contributed by atoms with van der Waals surface area (Å²) in [6, 6.07) is 10.6. The van der Waals surface area contributed by atoms with Crippen LogP contribution < -0.4 is 4.74 Å². The van der Waals surface area contributed by atoms with Crippen molar-refractivity contribution in [2.24, 2.45) is 0 Å². The molecule has 1 atom stereocenters. The van der Waals surface area contributed by atoms with Crippen molar-refractivity contribution in [1.29, 1.82) is 0 Å². The van der Waals surface area contributed by atoms with Crippen molar-refractivity contribution in [3.8, 4) is 5.75 Å². The Kier molecular flexibility index (Phi) is 7.23. The summed E-state index contributed by atoms with van der Waals surface area (Å²) < 4.78 is 6.44. The third-order valence-corrected chi connectivity index (χ3v) is 6.71. The van der Waals surface area contributed by atoms with Crippen LogP contribution in [-0.2, 0) is 6.54 Å². The van der Waals surface area contributed by atoms with Gasteiger partial charge in [0, 0.05) is 44.6 Å². The zero-order valence-corrected chi connectivity index (χ0v) is 18.9. The molecule has 2 aromatic rings. The number of benzene rings is 1. The molecule has 2 aliphatic rings. The second-order valence-electron chi connectivity index (χ2n) is 9.00. The average molecular weight is 422 g/mol. The van der Waals surface area contributed by atoms with Gasteiger partial charge in [0.1, 0.15) is 11.9 Å². The quantitative estimate of drug-likeness (QED) is 0.670. The molecule has 5 heteroatoms. The first-order valence-electron chi connectivity index (χ1n) is 11.8. The van der Waals surface area contributed by atoms with Crippen molar-refractivity contribution in [3.05, 3.63) is 59.4 Å². The number of carbonyl (C=O) groups excluding carboxylic acids is 1. The summed E-state index contributed by atoms with van der Waals surface area (Å²) >= 11 is 0. The van der Waals surface area contributed by atoms with Gasteiger partial charge in [-0.15, -0.1) is 0 Å². The van der Waals surface area contributed by atoms with E-state index in [0.29, 0.717) is 6.04 Å². The van der Waals surface area contributed by atoms with Gasteiger partial charge in [0.25, 0.3) is 5.91 Å². The highest BCUT2D eigenvalue weighted by Crippen LogP contribution is 2.29. The molecule has 1 amide bonds. The number of aromatic nitrogens is 1. The minimum absolute atomic E-state index is 0.139. The monoisotopic (exact) mass is 421 g/mol. The topological polar surface area (TPSA) is 45.7 Å². The van der Waals surface area contributed by atoms with E-state index in [2.05, 4.69) is 39.9 Å². The molecule has 31 heavy (non-hydrogen) atoms. The van der Waals surface area contributed by atoms with Gasteiger partial charge in [0.2, 0.25) is 0 Å². The molecule has 0 radical (unpaired) electrons. The van der Waals surface area contributed by atoms with Gasteiger partial charge in [-0.2, -0.15) is 0 Å². The smallest absolute Gasteiger partial charge is 0.257 e. The van der Waals surface area contributed by atoms with Gasteiger partial charge in [-0.25, -0.2) is 0 Å². The van der Waals surface area contributed by atoms with Crippen LogP contribution in [0.2, 0.25) is 0 Å². The maximum absolute atomic E-state index is 13.5. The van der Waals surface area contributed by atoms with Gasteiger partial charge in [-0.05, 0) is 75.3 Å². The average Bonchev–Trinajstić information content (AvgIpc) is 2.81. The lowest BCUT2D eigenvalue weighted by Crippen LogP contribution is -2.43. The van der Waals surface area contributed by atoms with E-state index in [9.17, 15) is 4.79 Å². The minimum Gasteiger partial charge on any atom is -0.489 e. The van der Waals surface area contributed by atoms with Gasteiger partial charge in [0.05, 0.1) is 5.56 Å². The van der Waals surface area contributed by atoms with Gasteiger partial charge < -0.3 is 9.64 Å². The lowest BCUT2D eigenvalue weighted by molar-refractivity contribution is 0.0591. The molecule has 0 aliphatic carbocycles. The third-order valence-electron chi connectivity index (χ3n) is 6.71. The Morgan fingerprint density at radius 1 is 1.06 bits per heavy atom. The van der Waals surface area contributed by atoms with Gasteiger partial charge in [0.15, 0.2) is 0 Å². The highest BCUT2D eigenvalue weighted by atomic mass is 16.5. The minimum atomic E-state index is 0.139. The number of pyridine rings is 1. The maximum Gasteiger partial charge on any atom is 0.257 e. The molecule has 1 aromatic heterocycles. The van der Waals surface area contributed by atoms with Crippen molar-refractivity contribution < 1.29 is 9.53 Å². The highest BCUT2D eigenvalue weighted by Gasteiger charge is 2.29. The van der Waals surface area contributed by atoms with Crippen molar-refractivity contribution in [2.75, 3.05) is 19.6 Å². The molecule has 2 aliphatic heterocycles. The summed E-state index contributed by atoms with van der Waals surface area (Å²) in [6.45, 7) is 8.06. The number of amides is 1. The molecule has 0 N–H and O–H groups in total. The number of piperidine rings is 2. The molecule has 3 heterocycles. The van der Waals surface area contributed by atoms with Gasteiger partial charge in [-0.1, -0.05) is 18.6 Å². The molecule has 2 saturated heterocycles. The van der Waals surface area contributed by atoms with E-state index in [1.54, 1.807) is 0 Å². The zero-order chi connectivity index (χ0) is 21.6. The third kappa shape index (κ3) is 5.45. The molecule has 166 valence electrons. The number of hydrogen-bond donors (Lipinski definition) is 0. The van der Waals surface area contributed by atoms with Crippen LogP contribution in [0.3, 0.4) is 0 Å². The summed E-state index contributed by atoms with van der Waals surface area (Å²) in [5.41, 5.74) is 3.14. The predicted molar refractivity (Wildman–Crippen MR) is 123 cm³/mol. The number of nitrogens with zero attached hydrogens (tertiary/aromatic N) is 3. The van der Waals surface area contributed by atoms with E-state index in [-0.39, 0.29) is 12.0 Å². The Balaban J connectivity index is 1.40. The fourth-order valence-corrected chi connectivity index (χ4v) is 4.87. The van der Waals surface area contributed by atoms with Crippen LogP contribution in [0.4, 0.5) is 0 Å². The first-order chi connectivity index (χ1) is 15.1. The van der Waals surface area contributed by atoms with Crippen molar-refractivity contribution in [1.82, 2.24) is 14.8 Å². The maximum atomic E-state index is 13.5. The van der Waals surface area contributed by atoms with Crippen molar-refractivity contribution >= 4 is 5.91 Å². The Bertz CT molecular complexity index is 862. The van der Waals surface area contributed by atoms with Crippen LogP contribution in [0.25, 0.3) is 0 Å². The number of carbonyl (C=O) groups is 1. The van der Waals surface area contributed by atoms with E-state index in [1.807, 2.05) is 31.5 Å².